The maximum atomic E-state index is 11.8. The normalized spacial score (nSPS) is 11.1. The zero-order valence-corrected chi connectivity index (χ0v) is 12.0. The van der Waals surface area contributed by atoms with Crippen LogP contribution in [-0.4, -0.2) is 67.7 Å². The average Bonchev–Trinajstić information content (AvgIpc) is 2.27. The minimum absolute atomic E-state index is 0.0506. The van der Waals surface area contributed by atoms with Crippen molar-refractivity contribution in [3.05, 3.63) is 12.2 Å². The van der Waals surface area contributed by atoms with E-state index in [1.165, 1.54) is 11.0 Å². The maximum absolute atomic E-state index is 11.8. The molecule has 0 radical (unpaired) electrons. The number of nitrogens with one attached hydrogen (secondary N) is 1. The first-order chi connectivity index (χ1) is 8.86. The molecule has 0 aromatic rings. The summed E-state index contributed by atoms with van der Waals surface area (Å²) in [6.45, 7) is 4.50. The van der Waals surface area contributed by atoms with Gasteiger partial charge in [-0.25, -0.2) is 0 Å². The molecule has 0 bridgehead atoms. The van der Waals surface area contributed by atoms with Gasteiger partial charge in [0.25, 0.3) is 0 Å². The number of amides is 2. The van der Waals surface area contributed by atoms with E-state index in [1.807, 2.05) is 13.8 Å². The quantitative estimate of drug-likeness (QED) is 0.483. The molecule has 0 rings (SSSR count). The Morgan fingerprint density at radius 3 is 2.37 bits per heavy atom. The van der Waals surface area contributed by atoms with Crippen LogP contribution in [0.25, 0.3) is 0 Å². The zero-order chi connectivity index (χ0) is 14.8. The van der Waals surface area contributed by atoms with Gasteiger partial charge in [0, 0.05) is 19.6 Å². The van der Waals surface area contributed by atoms with E-state index in [-0.39, 0.29) is 30.9 Å². The largest absolute Gasteiger partial charge is 0.352 e. The first kappa shape index (κ1) is 17.3. The lowest BCUT2D eigenvalue weighted by molar-refractivity contribution is -0.135. The van der Waals surface area contributed by atoms with Gasteiger partial charge in [-0.2, -0.15) is 0 Å². The van der Waals surface area contributed by atoms with Crippen LogP contribution >= 0.6 is 0 Å². The van der Waals surface area contributed by atoms with Crippen LogP contribution in [0.15, 0.2) is 12.2 Å². The van der Waals surface area contributed by atoms with Crippen molar-refractivity contribution in [1.82, 2.24) is 15.1 Å². The number of rotatable bonds is 8. The van der Waals surface area contributed by atoms with Gasteiger partial charge in [0.05, 0.1) is 13.1 Å². The predicted molar refractivity (Wildman–Crippen MR) is 73.6 cm³/mol. The lowest BCUT2D eigenvalue weighted by atomic mass is 10.3. The van der Waals surface area contributed by atoms with Gasteiger partial charge in [-0.05, 0) is 27.0 Å². The second kappa shape index (κ2) is 9.27. The molecule has 0 aromatic carbocycles. The number of hydrogen-bond donors (Lipinski definition) is 1. The van der Waals surface area contributed by atoms with Crippen LogP contribution in [0.5, 0.6) is 0 Å². The Bertz CT molecular complexity index is 340. The van der Waals surface area contributed by atoms with Crippen LogP contribution in [0.3, 0.4) is 0 Å². The lowest BCUT2D eigenvalue weighted by Crippen LogP contribution is -2.43. The number of aldehydes is 1. The molecule has 19 heavy (non-hydrogen) atoms. The molecule has 0 saturated heterocycles. The Morgan fingerprint density at radius 1 is 1.21 bits per heavy atom. The average molecular weight is 269 g/mol. The van der Waals surface area contributed by atoms with Crippen molar-refractivity contribution in [2.24, 2.45) is 0 Å². The smallest absolute Gasteiger partial charge is 0.239 e. The van der Waals surface area contributed by atoms with Gasteiger partial charge in [-0.3, -0.25) is 19.3 Å². The molecule has 6 heteroatoms. The Kier molecular flexibility index (Phi) is 8.44. The van der Waals surface area contributed by atoms with E-state index in [0.29, 0.717) is 12.8 Å². The Hall–Kier alpha value is -1.69. The predicted octanol–water partition coefficient (Wildman–Crippen LogP) is -0.344. The van der Waals surface area contributed by atoms with E-state index >= 15 is 0 Å². The van der Waals surface area contributed by atoms with Crippen molar-refractivity contribution < 1.29 is 14.4 Å². The second-order valence-electron chi connectivity index (χ2n) is 4.73. The van der Waals surface area contributed by atoms with Gasteiger partial charge >= 0.3 is 0 Å². The highest BCUT2D eigenvalue weighted by atomic mass is 16.2. The van der Waals surface area contributed by atoms with Crippen molar-refractivity contribution in [3.8, 4) is 0 Å². The van der Waals surface area contributed by atoms with Crippen molar-refractivity contribution in [2.75, 3.05) is 33.7 Å². The maximum Gasteiger partial charge on any atom is 0.239 e. The van der Waals surface area contributed by atoms with Crippen LogP contribution in [0.1, 0.15) is 13.8 Å². The summed E-state index contributed by atoms with van der Waals surface area (Å²) in [5.41, 5.74) is 0. The van der Waals surface area contributed by atoms with Crippen LogP contribution in [-0.2, 0) is 14.4 Å². The summed E-state index contributed by atoms with van der Waals surface area (Å²) >= 11 is 0. The summed E-state index contributed by atoms with van der Waals surface area (Å²) in [4.78, 5) is 36.6. The first-order valence-corrected chi connectivity index (χ1v) is 6.19. The topological polar surface area (TPSA) is 69.7 Å². The van der Waals surface area contributed by atoms with Crippen molar-refractivity contribution >= 4 is 18.1 Å². The molecule has 0 aliphatic heterocycles. The number of likely N-dealkylation sites (N-methyl/N-ethyl adjacent to an activating group) is 2. The molecule has 0 fully saturated rings. The van der Waals surface area contributed by atoms with Gasteiger partial charge in [0.15, 0.2) is 0 Å². The minimum atomic E-state index is -0.172. The number of carbonyl (C=O) groups is 3. The highest BCUT2D eigenvalue weighted by Crippen LogP contribution is 1.91. The SMILES string of the molecule is CC(C)NC(=O)CN(C)C(=O)CN(C)C/C=C/C=O. The van der Waals surface area contributed by atoms with Gasteiger partial charge in [-0.1, -0.05) is 6.08 Å². The Balaban J connectivity index is 4.08. The van der Waals surface area contributed by atoms with Crippen LogP contribution in [0, 0.1) is 0 Å². The van der Waals surface area contributed by atoms with E-state index in [4.69, 9.17) is 0 Å². The van der Waals surface area contributed by atoms with Crippen LogP contribution in [0.4, 0.5) is 0 Å². The highest BCUT2D eigenvalue weighted by molar-refractivity contribution is 5.85. The van der Waals surface area contributed by atoms with Crippen molar-refractivity contribution in [3.63, 3.8) is 0 Å². The summed E-state index contributed by atoms with van der Waals surface area (Å²) in [5.74, 6) is -0.310. The van der Waals surface area contributed by atoms with Gasteiger partial charge < -0.3 is 10.2 Å². The van der Waals surface area contributed by atoms with Crippen molar-refractivity contribution in [2.45, 2.75) is 19.9 Å². The van der Waals surface area contributed by atoms with E-state index < -0.39 is 0 Å². The summed E-state index contributed by atoms with van der Waals surface area (Å²) in [7, 11) is 3.37. The third kappa shape index (κ3) is 8.96. The number of nitrogens with zero attached hydrogens (tertiary/aromatic N) is 2. The standard InChI is InChI=1S/C13H23N3O3/c1-11(2)14-12(18)9-16(4)13(19)10-15(3)7-5-6-8-17/h5-6,8,11H,7,9-10H2,1-4H3,(H,14,18)/b6-5+. The fourth-order valence-electron chi connectivity index (χ4n) is 1.38. The Morgan fingerprint density at radius 2 is 1.84 bits per heavy atom. The van der Waals surface area contributed by atoms with E-state index in [0.717, 1.165) is 0 Å². The fraction of sp³-hybridized carbons (Fsp3) is 0.615. The molecule has 0 aromatic heterocycles. The third-order valence-corrected chi connectivity index (χ3v) is 2.29. The summed E-state index contributed by atoms with van der Waals surface area (Å²) < 4.78 is 0. The van der Waals surface area contributed by atoms with Crippen LogP contribution < -0.4 is 5.32 Å². The monoisotopic (exact) mass is 269 g/mol. The molecule has 0 aliphatic carbocycles. The lowest BCUT2D eigenvalue weighted by Gasteiger charge is -2.21. The van der Waals surface area contributed by atoms with E-state index in [2.05, 4.69) is 5.32 Å². The molecule has 2 amide bonds. The summed E-state index contributed by atoms with van der Waals surface area (Å²) in [6.07, 6.45) is 3.75. The molecular weight excluding hydrogens is 246 g/mol. The molecule has 0 spiro atoms. The third-order valence-electron chi connectivity index (χ3n) is 2.29. The number of hydrogen-bond acceptors (Lipinski definition) is 4. The molecule has 1 N–H and O–H groups in total. The Labute approximate surface area is 114 Å². The molecule has 0 atom stereocenters. The number of allylic oxidation sites excluding steroid dienone is 1. The van der Waals surface area contributed by atoms with Crippen molar-refractivity contribution in [1.29, 1.82) is 0 Å². The zero-order valence-electron chi connectivity index (χ0n) is 12.0. The van der Waals surface area contributed by atoms with Gasteiger partial charge in [-0.15, -0.1) is 0 Å². The molecular formula is C13H23N3O3. The molecule has 0 heterocycles. The van der Waals surface area contributed by atoms with E-state index in [1.54, 1.807) is 25.1 Å². The minimum Gasteiger partial charge on any atom is -0.352 e. The fourth-order valence-corrected chi connectivity index (χ4v) is 1.38. The van der Waals surface area contributed by atoms with Gasteiger partial charge in [0.1, 0.15) is 6.29 Å². The molecule has 0 saturated carbocycles. The van der Waals surface area contributed by atoms with Gasteiger partial charge in [0.2, 0.25) is 11.8 Å². The van der Waals surface area contributed by atoms with Crippen LogP contribution in [0.2, 0.25) is 0 Å². The first-order valence-electron chi connectivity index (χ1n) is 6.19. The molecule has 0 unspecified atom stereocenters. The summed E-state index contributed by atoms with van der Waals surface area (Å²) in [6, 6.07) is 0.0622. The summed E-state index contributed by atoms with van der Waals surface area (Å²) in [5, 5.41) is 2.73. The number of carbonyl (C=O) groups excluding carboxylic acids is 3. The molecule has 0 aliphatic rings. The second-order valence-corrected chi connectivity index (χ2v) is 4.73. The molecule has 108 valence electrons. The molecule has 6 nitrogen and oxygen atoms in total. The highest BCUT2D eigenvalue weighted by Gasteiger charge is 2.14. The van der Waals surface area contributed by atoms with E-state index in [9.17, 15) is 14.4 Å².